The summed E-state index contributed by atoms with van der Waals surface area (Å²) >= 11 is 11.6. The molecule has 2 amide bonds. The summed E-state index contributed by atoms with van der Waals surface area (Å²) < 4.78 is 0. The van der Waals surface area contributed by atoms with E-state index in [0.717, 1.165) is 5.01 Å². The average molecular weight is 310 g/mol. The number of anilines is 1. The zero-order valence-electron chi connectivity index (χ0n) is 10.1. The lowest BCUT2D eigenvalue weighted by Crippen LogP contribution is -2.31. The van der Waals surface area contributed by atoms with E-state index in [2.05, 4.69) is 15.1 Å². The molecular weight excluding hydrogens is 301 g/mol. The van der Waals surface area contributed by atoms with Gasteiger partial charge in [-0.15, -0.1) is 0 Å². The molecule has 0 aliphatic carbocycles. The molecule has 2 N–H and O–H groups in total. The zero-order valence-corrected chi connectivity index (χ0v) is 11.6. The van der Waals surface area contributed by atoms with Crippen molar-refractivity contribution >= 4 is 41.1 Å². The number of hydrazone groups is 1. The number of primary amides is 1. The molecule has 0 atom stereocenters. The van der Waals surface area contributed by atoms with Gasteiger partial charge in [-0.2, -0.15) is 10.1 Å². The maximum absolute atomic E-state index is 11.5. The molecule has 0 spiro atoms. The van der Waals surface area contributed by atoms with Crippen molar-refractivity contribution in [2.75, 3.05) is 5.01 Å². The number of urea groups is 1. The first-order chi connectivity index (χ1) is 9.56. The lowest BCUT2D eigenvalue weighted by molar-refractivity contribution is 0.254. The number of rotatable bonds is 3. The minimum Gasteiger partial charge on any atom is -0.350 e. The average Bonchev–Trinajstić information content (AvgIpc) is 2.38. The number of hydrogen-bond donors (Lipinski definition) is 1. The molecule has 0 unspecified atom stereocenters. The van der Waals surface area contributed by atoms with E-state index in [1.165, 1.54) is 18.3 Å². The summed E-state index contributed by atoms with van der Waals surface area (Å²) in [6.45, 7) is 0. The number of amides is 2. The second kappa shape index (κ2) is 6.31. The Morgan fingerprint density at radius 3 is 2.60 bits per heavy atom. The zero-order chi connectivity index (χ0) is 14.5. The van der Waals surface area contributed by atoms with Crippen LogP contribution < -0.4 is 10.7 Å². The Bertz CT molecular complexity index is 627. The molecule has 0 bridgehead atoms. The molecule has 0 saturated heterocycles. The van der Waals surface area contributed by atoms with Crippen molar-refractivity contribution in [2.45, 2.75) is 0 Å². The first kappa shape index (κ1) is 14.2. The molecule has 2 aromatic rings. The van der Waals surface area contributed by atoms with Crippen LogP contribution in [-0.4, -0.2) is 22.2 Å². The molecule has 2 rings (SSSR count). The normalized spacial score (nSPS) is 10.7. The number of nitrogens with zero attached hydrogens (tertiary/aromatic N) is 4. The number of pyridine rings is 2. The molecule has 6 nitrogen and oxygen atoms in total. The van der Waals surface area contributed by atoms with Crippen molar-refractivity contribution in [3.63, 3.8) is 0 Å². The first-order valence-corrected chi connectivity index (χ1v) is 6.18. The maximum atomic E-state index is 11.5. The number of nitrogens with two attached hydrogens (primary N) is 1. The first-order valence-electron chi connectivity index (χ1n) is 5.43. The Labute approximate surface area is 124 Å². The van der Waals surface area contributed by atoms with E-state index in [9.17, 15) is 4.79 Å². The third kappa shape index (κ3) is 3.66. The highest BCUT2D eigenvalue weighted by Gasteiger charge is 2.13. The van der Waals surface area contributed by atoms with Crippen LogP contribution in [0.3, 0.4) is 0 Å². The van der Waals surface area contributed by atoms with Gasteiger partial charge in [0, 0.05) is 30.1 Å². The molecule has 0 aliphatic rings. The molecule has 0 fully saturated rings. The van der Waals surface area contributed by atoms with Crippen LogP contribution in [0.1, 0.15) is 5.56 Å². The van der Waals surface area contributed by atoms with Gasteiger partial charge >= 0.3 is 6.03 Å². The third-order valence-electron chi connectivity index (χ3n) is 2.21. The number of hydrogen-bond acceptors (Lipinski definition) is 4. The van der Waals surface area contributed by atoms with Gasteiger partial charge in [-0.3, -0.25) is 4.98 Å². The highest BCUT2D eigenvalue weighted by molar-refractivity contribution is 6.33. The van der Waals surface area contributed by atoms with Crippen LogP contribution in [0.15, 0.2) is 41.8 Å². The van der Waals surface area contributed by atoms with Crippen LogP contribution in [0, 0.1) is 0 Å². The highest BCUT2D eigenvalue weighted by atomic mass is 35.5. The summed E-state index contributed by atoms with van der Waals surface area (Å²) in [7, 11) is 0. The molecule has 102 valence electrons. The summed E-state index contributed by atoms with van der Waals surface area (Å²) in [4.78, 5) is 19.2. The molecule has 20 heavy (non-hydrogen) atoms. The predicted octanol–water partition coefficient (Wildman–Crippen LogP) is 2.70. The molecule has 0 saturated carbocycles. The van der Waals surface area contributed by atoms with Crippen LogP contribution in [0.2, 0.25) is 10.3 Å². The molecule has 8 heteroatoms. The Morgan fingerprint density at radius 1 is 1.35 bits per heavy atom. The van der Waals surface area contributed by atoms with Gasteiger partial charge in [-0.1, -0.05) is 29.3 Å². The Balaban J connectivity index is 2.32. The van der Waals surface area contributed by atoms with Crippen molar-refractivity contribution in [1.82, 2.24) is 9.97 Å². The minimum absolute atomic E-state index is 0.135. The van der Waals surface area contributed by atoms with E-state index < -0.39 is 6.03 Å². The molecule has 0 aliphatic heterocycles. The van der Waals surface area contributed by atoms with Gasteiger partial charge < -0.3 is 5.73 Å². The van der Waals surface area contributed by atoms with Gasteiger partial charge in [0.15, 0.2) is 0 Å². The highest BCUT2D eigenvalue weighted by Crippen LogP contribution is 2.22. The topological polar surface area (TPSA) is 84.5 Å². The SMILES string of the molecule is NC(=O)N(/N=C\c1cccnc1)c1cc(Cl)nc(Cl)c1. The van der Waals surface area contributed by atoms with Crippen molar-refractivity contribution < 1.29 is 4.79 Å². The summed E-state index contributed by atoms with van der Waals surface area (Å²) in [6, 6.07) is 5.61. The standard InChI is InChI=1S/C12H9Cl2N5O/c13-10-4-9(5-11(14)18-10)19(12(15)20)17-7-8-2-1-3-16-6-8/h1-7H,(H2,15,20)/b17-7-. The predicted molar refractivity (Wildman–Crippen MR) is 78.2 cm³/mol. The van der Waals surface area contributed by atoms with Crippen LogP contribution in [0.4, 0.5) is 10.5 Å². The summed E-state index contributed by atoms with van der Waals surface area (Å²) in [5, 5.41) is 5.23. The van der Waals surface area contributed by atoms with Crippen molar-refractivity contribution in [3.8, 4) is 0 Å². The molecule has 2 heterocycles. The number of carbonyl (C=O) groups is 1. The molecule has 2 aromatic heterocycles. The van der Waals surface area contributed by atoms with E-state index in [0.29, 0.717) is 11.3 Å². The van der Waals surface area contributed by atoms with E-state index in [-0.39, 0.29) is 10.3 Å². The summed E-state index contributed by atoms with van der Waals surface area (Å²) in [5.41, 5.74) is 6.32. The minimum atomic E-state index is -0.775. The number of halogens is 2. The molecule has 0 radical (unpaired) electrons. The monoisotopic (exact) mass is 309 g/mol. The van der Waals surface area contributed by atoms with Gasteiger partial charge in [0.25, 0.3) is 0 Å². The van der Waals surface area contributed by atoms with E-state index in [4.69, 9.17) is 28.9 Å². The fourth-order valence-electron chi connectivity index (χ4n) is 1.40. The summed E-state index contributed by atoms with van der Waals surface area (Å²) in [6.07, 6.45) is 4.67. The fraction of sp³-hybridized carbons (Fsp3) is 0. The van der Waals surface area contributed by atoms with Gasteiger partial charge in [-0.25, -0.2) is 9.78 Å². The van der Waals surface area contributed by atoms with Crippen LogP contribution in [-0.2, 0) is 0 Å². The second-order valence-electron chi connectivity index (χ2n) is 3.65. The van der Waals surface area contributed by atoms with Crippen molar-refractivity contribution in [3.05, 3.63) is 52.5 Å². The number of aromatic nitrogens is 2. The van der Waals surface area contributed by atoms with E-state index in [1.807, 2.05) is 0 Å². The Kier molecular flexibility index (Phi) is 4.49. The van der Waals surface area contributed by atoms with Crippen LogP contribution in [0.5, 0.6) is 0 Å². The second-order valence-corrected chi connectivity index (χ2v) is 4.43. The van der Waals surface area contributed by atoms with Crippen LogP contribution in [0.25, 0.3) is 0 Å². The van der Waals surface area contributed by atoms with Gasteiger partial charge in [0.2, 0.25) is 0 Å². The molecule has 0 aromatic carbocycles. The fourth-order valence-corrected chi connectivity index (χ4v) is 1.85. The quantitative estimate of drug-likeness (QED) is 0.537. The van der Waals surface area contributed by atoms with E-state index >= 15 is 0 Å². The van der Waals surface area contributed by atoms with Crippen LogP contribution >= 0.6 is 23.2 Å². The largest absolute Gasteiger partial charge is 0.350 e. The lowest BCUT2D eigenvalue weighted by Gasteiger charge is -2.14. The summed E-state index contributed by atoms with van der Waals surface area (Å²) in [5.74, 6) is 0. The number of carbonyl (C=O) groups excluding carboxylic acids is 1. The Morgan fingerprint density at radius 2 is 2.05 bits per heavy atom. The van der Waals surface area contributed by atoms with Crippen molar-refractivity contribution in [1.29, 1.82) is 0 Å². The van der Waals surface area contributed by atoms with E-state index in [1.54, 1.807) is 24.5 Å². The smallest absolute Gasteiger partial charge is 0.340 e. The van der Waals surface area contributed by atoms with Crippen molar-refractivity contribution in [2.24, 2.45) is 10.8 Å². The van der Waals surface area contributed by atoms with Gasteiger partial charge in [0.05, 0.1) is 11.9 Å². The molecular formula is C12H9Cl2N5O. The maximum Gasteiger partial charge on any atom is 0.340 e. The third-order valence-corrected chi connectivity index (χ3v) is 2.59. The van der Waals surface area contributed by atoms with Gasteiger partial charge in [-0.05, 0) is 6.07 Å². The Hall–Kier alpha value is -2.18. The lowest BCUT2D eigenvalue weighted by atomic mass is 10.3. The van der Waals surface area contributed by atoms with Gasteiger partial charge in [0.1, 0.15) is 10.3 Å².